The van der Waals surface area contributed by atoms with Crippen LogP contribution in [0.5, 0.6) is 0 Å². The molecule has 0 aliphatic heterocycles. The van der Waals surface area contributed by atoms with Gasteiger partial charge in [0, 0.05) is 12.1 Å². The van der Waals surface area contributed by atoms with Crippen LogP contribution in [0, 0.1) is 10.1 Å². The number of hydrogen-bond donors (Lipinski definition) is 0. The Morgan fingerprint density at radius 3 is 2.55 bits per heavy atom. The molecule has 0 atom stereocenters. The predicted molar refractivity (Wildman–Crippen MR) is 74.0 cm³/mol. The van der Waals surface area contributed by atoms with Gasteiger partial charge in [-0.3, -0.25) is 19.5 Å². The molecule has 2 aromatic carbocycles. The minimum Gasteiger partial charge on any atom is -0.268 e. The molecule has 0 fully saturated rings. The van der Waals surface area contributed by atoms with Gasteiger partial charge < -0.3 is 0 Å². The Hall–Kier alpha value is -3.02. The molecule has 3 rings (SSSR count). The maximum absolute atomic E-state index is 12.4. The Bertz CT molecular complexity index is 856. The van der Waals surface area contributed by atoms with E-state index in [1.165, 1.54) is 29.1 Å². The van der Waals surface area contributed by atoms with E-state index in [1.54, 1.807) is 12.1 Å². The lowest BCUT2D eigenvalue weighted by Gasteiger charge is -2.05. The first-order valence-corrected chi connectivity index (χ1v) is 5.88. The molecule has 0 saturated carbocycles. The molecule has 20 heavy (non-hydrogen) atoms. The van der Waals surface area contributed by atoms with E-state index >= 15 is 0 Å². The lowest BCUT2D eigenvalue weighted by molar-refractivity contribution is -0.384. The van der Waals surface area contributed by atoms with Crippen molar-refractivity contribution in [2.24, 2.45) is 0 Å². The number of nitro groups is 1. The van der Waals surface area contributed by atoms with Crippen molar-refractivity contribution < 1.29 is 4.92 Å². The van der Waals surface area contributed by atoms with Gasteiger partial charge in [0.05, 0.1) is 21.5 Å². The molecular formula is C14H9N3O3. The highest BCUT2D eigenvalue weighted by molar-refractivity contribution is 5.80. The Labute approximate surface area is 113 Å². The van der Waals surface area contributed by atoms with Crippen molar-refractivity contribution in [3.05, 3.63) is 75.3 Å². The number of fused-ring (bicyclic) bond motifs is 1. The van der Waals surface area contributed by atoms with E-state index in [0.29, 0.717) is 16.6 Å². The van der Waals surface area contributed by atoms with E-state index in [0.717, 1.165) is 0 Å². The number of nitrogens with zero attached hydrogens (tertiary/aromatic N) is 3. The molecule has 0 amide bonds. The van der Waals surface area contributed by atoms with Gasteiger partial charge in [0.15, 0.2) is 0 Å². The molecule has 0 saturated heterocycles. The highest BCUT2D eigenvalue weighted by Gasteiger charge is 2.10. The SMILES string of the molecule is O=c1c2ccc([N+](=O)[O-])cc2ncn1-c1ccccc1. The van der Waals surface area contributed by atoms with Crippen LogP contribution >= 0.6 is 0 Å². The van der Waals surface area contributed by atoms with Gasteiger partial charge in [0.2, 0.25) is 0 Å². The van der Waals surface area contributed by atoms with Crippen molar-refractivity contribution in [1.82, 2.24) is 9.55 Å². The molecular weight excluding hydrogens is 258 g/mol. The molecule has 0 bridgehead atoms. The fraction of sp³-hybridized carbons (Fsp3) is 0. The summed E-state index contributed by atoms with van der Waals surface area (Å²) >= 11 is 0. The second-order valence-electron chi connectivity index (χ2n) is 4.21. The number of para-hydroxylation sites is 1. The molecule has 0 radical (unpaired) electrons. The fourth-order valence-corrected chi connectivity index (χ4v) is 2.00. The third kappa shape index (κ3) is 1.93. The average molecular weight is 267 g/mol. The van der Waals surface area contributed by atoms with Crippen LogP contribution in [0.1, 0.15) is 0 Å². The summed E-state index contributed by atoms with van der Waals surface area (Å²) in [6, 6.07) is 13.1. The van der Waals surface area contributed by atoms with Crippen LogP contribution in [0.4, 0.5) is 5.69 Å². The summed E-state index contributed by atoms with van der Waals surface area (Å²) in [6.45, 7) is 0. The van der Waals surface area contributed by atoms with Gasteiger partial charge in [-0.25, -0.2) is 4.98 Å². The lowest BCUT2D eigenvalue weighted by atomic mass is 10.2. The van der Waals surface area contributed by atoms with Crippen molar-refractivity contribution in [2.75, 3.05) is 0 Å². The third-order valence-corrected chi connectivity index (χ3v) is 2.99. The molecule has 0 aliphatic carbocycles. The van der Waals surface area contributed by atoms with E-state index in [1.807, 2.05) is 18.2 Å². The standard InChI is InChI=1S/C14H9N3O3/c18-14-12-7-6-11(17(19)20)8-13(12)15-9-16(14)10-4-2-1-3-5-10/h1-9H. The number of aromatic nitrogens is 2. The molecule has 6 nitrogen and oxygen atoms in total. The summed E-state index contributed by atoms with van der Waals surface area (Å²) in [4.78, 5) is 26.7. The molecule has 1 aromatic heterocycles. The zero-order valence-electron chi connectivity index (χ0n) is 10.3. The molecule has 0 unspecified atom stereocenters. The van der Waals surface area contributed by atoms with E-state index in [4.69, 9.17) is 0 Å². The van der Waals surface area contributed by atoms with Crippen LogP contribution in [-0.2, 0) is 0 Å². The van der Waals surface area contributed by atoms with Crippen LogP contribution in [0.15, 0.2) is 59.7 Å². The molecule has 3 aromatic rings. The lowest BCUT2D eigenvalue weighted by Crippen LogP contribution is -2.18. The molecule has 1 heterocycles. The highest BCUT2D eigenvalue weighted by Crippen LogP contribution is 2.17. The Balaban J connectivity index is 2.25. The number of rotatable bonds is 2. The summed E-state index contributed by atoms with van der Waals surface area (Å²) < 4.78 is 1.41. The summed E-state index contributed by atoms with van der Waals surface area (Å²) in [7, 11) is 0. The minimum absolute atomic E-state index is 0.0816. The van der Waals surface area contributed by atoms with Crippen LogP contribution in [-0.4, -0.2) is 14.5 Å². The topological polar surface area (TPSA) is 78.0 Å². The van der Waals surface area contributed by atoms with Gasteiger partial charge >= 0.3 is 0 Å². The average Bonchev–Trinajstić information content (AvgIpc) is 2.48. The maximum Gasteiger partial charge on any atom is 0.271 e. The second kappa shape index (κ2) is 4.58. The first-order valence-electron chi connectivity index (χ1n) is 5.88. The zero-order valence-corrected chi connectivity index (χ0v) is 10.3. The van der Waals surface area contributed by atoms with E-state index in [-0.39, 0.29) is 11.2 Å². The molecule has 0 N–H and O–H groups in total. The van der Waals surface area contributed by atoms with Crippen molar-refractivity contribution in [2.45, 2.75) is 0 Å². The van der Waals surface area contributed by atoms with E-state index in [9.17, 15) is 14.9 Å². The Kier molecular flexibility index (Phi) is 2.76. The normalized spacial score (nSPS) is 10.6. The monoisotopic (exact) mass is 267 g/mol. The predicted octanol–water partition coefficient (Wildman–Crippen LogP) is 2.29. The quantitative estimate of drug-likeness (QED) is 0.527. The van der Waals surface area contributed by atoms with E-state index in [2.05, 4.69) is 4.98 Å². The van der Waals surface area contributed by atoms with Gasteiger partial charge in [-0.05, 0) is 18.2 Å². The van der Waals surface area contributed by atoms with E-state index < -0.39 is 4.92 Å². The molecule has 0 spiro atoms. The molecule has 0 aliphatic rings. The van der Waals surface area contributed by atoms with Crippen molar-refractivity contribution in [3.63, 3.8) is 0 Å². The number of benzene rings is 2. The second-order valence-corrected chi connectivity index (χ2v) is 4.21. The third-order valence-electron chi connectivity index (χ3n) is 2.99. The van der Waals surface area contributed by atoms with Crippen LogP contribution in [0.3, 0.4) is 0 Å². The van der Waals surface area contributed by atoms with Crippen molar-refractivity contribution in [3.8, 4) is 5.69 Å². The van der Waals surface area contributed by atoms with Crippen molar-refractivity contribution >= 4 is 16.6 Å². The maximum atomic E-state index is 12.4. The summed E-state index contributed by atoms with van der Waals surface area (Å²) in [5, 5.41) is 11.1. The number of hydrogen-bond acceptors (Lipinski definition) is 4. The summed E-state index contributed by atoms with van der Waals surface area (Å²) in [5.41, 5.74) is 0.680. The van der Waals surface area contributed by atoms with Gasteiger partial charge in [0.25, 0.3) is 11.2 Å². The largest absolute Gasteiger partial charge is 0.271 e. The zero-order chi connectivity index (χ0) is 14.1. The van der Waals surface area contributed by atoms with Crippen LogP contribution in [0.2, 0.25) is 0 Å². The summed E-state index contributed by atoms with van der Waals surface area (Å²) in [5.74, 6) is 0. The molecule has 98 valence electrons. The number of nitro benzene ring substituents is 1. The first kappa shape index (κ1) is 12.0. The summed E-state index contributed by atoms with van der Waals surface area (Å²) in [6.07, 6.45) is 1.38. The first-order chi connectivity index (χ1) is 9.66. The van der Waals surface area contributed by atoms with Crippen LogP contribution in [0.25, 0.3) is 16.6 Å². The van der Waals surface area contributed by atoms with Gasteiger partial charge in [-0.1, -0.05) is 18.2 Å². The highest BCUT2D eigenvalue weighted by atomic mass is 16.6. The van der Waals surface area contributed by atoms with Gasteiger partial charge in [-0.15, -0.1) is 0 Å². The Morgan fingerprint density at radius 1 is 1.10 bits per heavy atom. The fourth-order valence-electron chi connectivity index (χ4n) is 2.00. The minimum atomic E-state index is -0.510. The number of non-ortho nitro benzene ring substituents is 1. The van der Waals surface area contributed by atoms with Gasteiger partial charge in [0.1, 0.15) is 6.33 Å². The van der Waals surface area contributed by atoms with Gasteiger partial charge in [-0.2, -0.15) is 0 Å². The Morgan fingerprint density at radius 2 is 1.85 bits per heavy atom. The molecule has 6 heteroatoms. The smallest absolute Gasteiger partial charge is 0.268 e. The van der Waals surface area contributed by atoms with Crippen molar-refractivity contribution in [1.29, 1.82) is 0 Å². The van der Waals surface area contributed by atoms with Crippen LogP contribution < -0.4 is 5.56 Å².